The highest BCUT2D eigenvalue weighted by Crippen LogP contribution is 2.34. The summed E-state index contributed by atoms with van der Waals surface area (Å²) in [6.07, 6.45) is 0.852. The van der Waals surface area contributed by atoms with Crippen molar-refractivity contribution in [2.24, 2.45) is 0 Å². The van der Waals surface area contributed by atoms with Gasteiger partial charge in [-0.2, -0.15) is 0 Å². The summed E-state index contributed by atoms with van der Waals surface area (Å²) in [4.78, 5) is 7.56. The summed E-state index contributed by atoms with van der Waals surface area (Å²) in [7, 11) is -2.33. The zero-order valence-electron chi connectivity index (χ0n) is 19.7. The normalized spacial score (nSPS) is 17.0. The van der Waals surface area contributed by atoms with Gasteiger partial charge >= 0.3 is 0 Å². The Kier molecular flexibility index (Phi) is 7.40. The molecule has 1 atom stereocenters. The van der Waals surface area contributed by atoms with E-state index in [0.717, 1.165) is 43.2 Å². The number of rotatable bonds is 8. The lowest BCUT2D eigenvalue weighted by Crippen LogP contribution is -2.34. The number of likely N-dealkylation sites (tertiary alicyclic amines) is 1. The fourth-order valence-corrected chi connectivity index (χ4v) is 6.23. The Morgan fingerprint density at radius 1 is 1.34 bits per heavy atom. The molecule has 0 saturated carbocycles. The fourth-order valence-electron chi connectivity index (χ4n) is 4.23. The molecule has 2 heterocycles. The maximum absolute atomic E-state index is 14.9. The summed E-state index contributed by atoms with van der Waals surface area (Å²) < 4.78 is 42.5. The average Bonchev–Trinajstić information content (AvgIpc) is 3.46. The van der Waals surface area contributed by atoms with Crippen LogP contribution in [0.3, 0.4) is 0 Å². The minimum absolute atomic E-state index is 0.0833. The second-order valence-electron chi connectivity index (χ2n) is 9.26. The monoisotopic (exact) mass is 538 g/mol. The third-order valence-electron chi connectivity index (χ3n) is 6.18. The third kappa shape index (κ3) is 5.95. The lowest BCUT2D eigenvalue weighted by molar-refractivity contribution is 0.0784. The molecule has 3 aromatic rings. The van der Waals surface area contributed by atoms with Gasteiger partial charge in [0.2, 0.25) is 0 Å². The van der Waals surface area contributed by atoms with Crippen molar-refractivity contribution in [3.8, 4) is 0 Å². The van der Waals surface area contributed by atoms with Crippen molar-refractivity contribution in [3.05, 3.63) is 69.3 Å². The van der Waals surface area contributed by atoms with Gasteiger partial charge in [0.05, 0.1) is 21.8 Å². The van der Waals surface area contributed by atoms with Crippen LogP contribution in [0.15, 0.2) is 52.2 Å². The minimum atomic E-state index is -4.17. The van der Waals surface area contributed by atoms with Gasteiger partial charge in [-0.15, -0.1) is 11.3 Å². The quantitative estimate of drug-likeness (QED) is 0.433. The molecular formula is C24H28ClFN4O3S2. The summed E-state index contributed by atoms with van der Waals surface area (Å²) in [6.45, 7) is 5.86. The molecule has 1 aromatic heterocycles. The van der Waals surface area contributed by atoms with Crippen LogP contribution < -0.4 is 9.62 Å². The van der Waals surface area contributed by atoms with E-state index in [-0.39, 0.29) is 16.9 Å². The number of halogens is 2. The molecule has 11 heteroatoms. The second-order valence-corrected chi connectivity index (χ2v) is 12.0. The Hall–Kier alpha value is -2.24. The van der Waals surface area contributed by atoms with Gasteiger partial charge in [-0.1, -0.05) is 35.9 Å². The van der Waals surface area contributed by atoms with E-state index >= 15 is 0 Å². The van der Waals surface area contributed by atoms with Crippen molar-refractivity contribution in [1.29, 1.82) is 0 Å². The van der Waals surface area contributed by atoms with Crippen LogP contribution in [0.25, 0.3) is 0 Å². The number of aliphatic hydroxyl groups is 1. The summed E-state index contributed by atoms with van der Waals surface area (Å²) in [5, 5.41) is 12.0. The number of nitrogens with zero attached hydrogens (tertiary/aromatic N) is 3. The predicted octanol–water partition coefficient (Wildman–Crippen LogP) is 4.67. The molecule has 1 fully saturated rings. The molecule has 0 radical (unpaired) electrons. The number of anilines is 2. The molecule has 4 rings (SSSR count). The molecule has 1 aliphatic rings. The van der Waals surface area contributed by atoms with Crippen molar-refractivity contribution in [2.45, 2.75) is 43.4 Å². The third-order valence-corrected chi connectivity index (χ3v) is 8.44. The number of sulfonamides is 1. The summed E-state index contributed by atoms with van der Waals surface area (Å²) in [5.74, 6) is -0.747. The van der Waals surface area contributed by atoms with Crippen molar-refractivity contribution < 1.29 is 17.9 Å². The highest BCUT2D eigenvalue weighted by molar-refractivity contribution is 7.92. The van der Waals surface area contributed by atoms with Crippen molar-refractivity contribution >= 4 is 44.5 Å². The Balaban J connectivity index is 1.46. The van der Waals surface area contributed by atoms with Gasteiger partial charge in [0.1, 0.15) is 10.7 Å². The molecular weight excluding hydrogens is 511 g/mol. The first-order valence-corrected chi connectivity index (χ1v) is 13.9. The number of thiazole rings is 1. The van der Waals surface area contributed by atoms with Crippen LogP contribution in [0.5, 0.6) is 0 Å². The van der Waals surface area contributed by atoms with Crippen molar-refractivity contribution in [3.63, 3.8) is 0 Å². The predicted molar refractivity (Wildman–Crippen MR) is 138 cm³/mol. The highest BCUT2D eigenvalue weighted by Gasteiger charge is 2.29. The molecule has 1 saturated heterocycles. The summed E-state index contributed by atoms with van der Waals surface area (Å²) in [6, 6.07) is 10.3. The maximum Gasteiger partial charge on any atom is 0.266 e. The van der Waals surface area contributed by atoms with Crippen LogP contribution in [0, 0.1) is 5.82 Å². The molecule has 0 bridgehead atoms. The van der Waals surface area contributed by atoms with E-state index < -0.39 is 26.3 Å². The van der Waals surface area contributed by atoms with Gasteiger partial charge in [0, 0.05) is 44.2 Å². The van der Waals surface area contributed by atoms with Gasteiger partial charge in [-0.3, -0.25) is 9.62 Å². The number of aromatic nitrogens is 1. The van der Waals surface area contributed by atoms with E-state index in [9.17, 15) is 17.9 Å². The minimum Gasteiger partial charge on any atom is -0.386 e. The van der Waals surface area contributed by atoms with Gasteiger partial charge < -0.3 is 10.0 Å². The van der Waals surface area contributed by atoms with E-state index in [1.807, 2.05) is 36.2 Å². The zero-order chi connectivity index (χ0) is 25.4. The SMILES string of the molecule is CN(c1cc(F)c(S(=O)(=O)Nc2cscn2)cc1Cl)C1CCN(Cc2cccc(C(C)(C)O)c2)C1. The Morgan fingerprint density at radius 2 is 2.11 bits per heavy atom. The summed E-state index contributed by atoms with van der Waals surface area (Å²) in [5.41, 5.74) is 2.99. The number of benzene rings is 2. The molecule has 1 unspecified atom stereocenters. The smallest absolute Gasteiger partial charge is 0.266 e. The van der Waals surface area contributed by atoms with Gasteiger partial charge in [0.15, 0.2) is 5.82 Å². The van der Waals surface area contributed by atoms with Crippen LogP contribution >= 0.6 is 22.9 Å². The molecule has 7 nitrogen and oxygen atoms in total. The van der Waals surface area contributed by atoms with Crippen LogP contribution in [0.4, 0.5) is 15.9 Å². The fraction of sp³-hybridized carbons (Fsp3) is 0.375. The van der Waals surface area contributed by atoms with Crippen molar-refractivity contribution in [2.75, 3.05) is 29.8 Å². The zero-order valence-corrected chi connectivity index (χ0v) is 22.1. The average molecular weight is 539 g/mol. The van der Waals surface area contributed by atoms with Crippen molar-refractivity contribution in [1.82, 2.24) is 9.88 Å². The first-order chi connectivity index (χ1) is 16.4. The van der Waals surface area contributed by atoms with Crippen LogP contribution in [-0.2, 0) is 22.2 Å². The van der Waals surface area contributed by atoms with Gasteiger partial charge in [-0.05, 0) is 37.5 Å². The molecule has 0 aliphatic carbocycles. The largest absolute Gasteiger partial charge is 0.386 e. The van der Waals surface area contributed by atoms with Crippen LogP contribution in [-0.4, -0.2) is 49.6 Å². The Bertz CT molecular complexity index is 1300. The van der Waals surface area contributed by atoms with Crippen LogP contribution in [0.2, 0.25) is 5.02 Å². The number of nitrogens with one attached hydrogen (secondary N) is 1. The Morgan fingerprint density at radius 3 is 2.80 bits per heavy atom. The first-order valence-electron chi connectivity index (χ1n) is 11.1. The lowest BCUT2D eigenvalue weighted by atomic mass is 9.96. The number of hydrogen-bond acceptors (Lipinski definition) is 7. The van der Waals surface area contributed by atoms with E-state index in [2.05, 4.69) is 14.6 Å². The molecule has 0 amide bonds. The van der Waals surface area contributed by atoms with E-state index in [4.69, 9.17) is 11.6 Å². The van der Waals surface area contributed by atoms with E-state index in [1.165, 1.54) is 28.3 Å². The molecule has 35 heavy (non-hydrogen) atoms. The maximum atomic E-state index is 14.9. The number of likely N-dealkylation sites (N-methyl/N-ethyl adjacent to an activating group) is 1. The van der Waals surface area contributed by atoms with Crippen LogP contribution in [0.1, 0.15) is 31.4 Å². The topological polar surface area (TPSA) is 85.8 Å². The van der Waals surface area contributed by atoms with Gasteiger partial charge in [0.25, 0.3) is 10.0 Å². The molecule has 188 valence electrons. The van der Waals surface area contributed by atoms with Gasteiger partial charge in [-0.25, -0.2) is 17.8 Å². The van der Waals surface area contributed by atoms with E-state index in [1.54, 1.807) is 13.8 Å². The summed E-state index contributed by atoms with van der Waals surface area (Å²) >= 11 is 7.66. The lowest BCUT2D eigenvalue weighted by Gasteiger charge is -2.28. The first kappa shape index (κ1) is 25.8. The number of hydrogen-bond donors (Lipinski definition) is 2. The second kappa shape index (κ2) is 10.0. The standard InChI is InChI=1S/C24H28ClFN4O3S2/c1-24(2,31)17-6-4-5-16(9-17)12-30-8-7-18(13-30)29(3)21-11-20(26)22(10-19(21)25)35(32,33)28-23-14-34-15-27-23/h4-6,9-11,14-15,18,28,31H,7-8,12-13H2,1-3H3. The molecule has 2 aromatic carbocycles. The molecule has 2 N–H and O–H groups in total. The molecule has 0 spiro atoms. The Labute approximate surface area is 214 Å². The van der Waals surface area contributed by atoms with E-state index in [0.29, 0.717) is 5.69 Å². The highest BCUT2D eigenvalue weighted by atomic mass is 35.5. The molecule has 1 aliphatic heterocycles.